The van der Waals surface area contributed by atoms with Gasteiger partial charge in [-0.25, -0.2) is 0 Å². The van der Waals surface area contributed by atoms with E-state index in [1.54, 1.807) is 41.3 Å². The van der Waals surface area contributed by atoms with E-state index < -0.39 is 0 Å². The highest BCUT2D eigenvalue weighted by molar-refractivity contribution is 7.18. The number of halogens is 1. The van der Waals surface area contributed by atoms with Gasteiger partial charge < -0.3 is 10.2 Å². The first-order valence-electron chi connectivity index (χ1n) is 9.55. The number of carbonyl (C=O) groups is 3. The molecule has 1 aliphatic rings. The molecule has 0 bridgehead atoms. The summed E-state index contributed by atoms with van der Waals surface area (Å²) in [5, 5.41) is 3.92. The molecule has 3 aromatic rings. The van der Waals surface area contributed by atoms with Crippen molar-refractivity contribution in [2.24, 2.45) is 0 Å². The maximum Gasteiger partial charge on any atom is 0.268 e. The first kappa shape index (κ1) is 20.3. The van der Waals surface area contributed by atoms with E-state index in [1.165, 1.54) is 11.3 Å². The molecule has 4 rings (SSSR count). The van der Waals surface area contributed by atoms with Crippen LogP contribution < -0.4 is 10.2 Å². The summed E-state index contributed by atoms with van der Waals surface area (Å²) >= 11 is 7.27. The number of nitrogens with one attached hydrogen (secondary N) is 1. The molecule has 2 amide bonds. The molecule has 0 saturated carbocycles. The number of fused-ring (bicyclic) bond motifs is 1. The van der Waals surface area contributed by atoms with Gasteiger partial charge in [0.1, 0.15) is 0 Å². The first-order chi connectivity index (χ1) is 14.4. The molecule has 2 aromatic carbocycles. The second-order valence-corrected chi connectivity index (χ2v) is 8.60. The second-order valence-electron chi connectivity index (χ2n) is 7.08. The quantitative estimate of drug-likeness (QED) is 0.580. The highest BCUT2D eigenvalue weighted by Crippen LogP contribution is 2.32. The molecule has 1 aromatic heterocycles. The van der Waals surface area contributed by atoms with Crippen LogP contribution >= 0.6 is 22.9 Å². The highest BCUT2D eigenvalue weighted by atomic mass is 35.5. The first-order valence-corrected chi connectivity index (χ1v) is 10.7. The van der Waals surface area contributed by atoms with Gasteiger partial charge in [-0.05, 0) is 55.3 Å². The van der Waals surface area contributed by atoms with Crippen molar-refractivity contribution in [2.45, 2.75) is 19.8 Å². The summed E-state index contributed by atoms with van der Waals surface area (Å²) in [4.78, 5) is 40.3. The molecule has 0 spiro atoms. The van der Waals surface area contributed by atoms with Crippen LogP contribution in [0.15, 0.2) is 54.6 Å². The van der Waals surface area contributed by atoms with Crippen LogP contribution in [-0.2, 0) is 0 Å². The summed E-state index contributed by atoms with van der Waals surface area (Å²) in [5.41, 5.74) is 2.52. The van der Waals surface area contributed by atoms with E-state index in [2.05, 4.69) is 5.32 Å². The third-order valence-electron chi connectivity index (χ3n) is 5.02. The molecule has 5 nitrogen and oxygen atoms in total. The maximum absolute atomic E-state index is 13.2. The van der Waals surface area contributed by atoms with Crippen LogP contribution in [0.4, 0.5) is 10.7 Å². The third-order valence-corrected chi connectivity index (χ3v) is 6.25. The Balaban J connectivity index is 1.57. The largest absolute Gasteiger partial charge is 0.314 e. The molecule has 0 radical (unpaired) electrons. The van der Waals surface area contributed by atoms with Crippen molar-refractivity contribution in [1.29, 1.82) is 0 Å². The number of benzene rings is 2. The Hall–Kier alpha value is -2.96. The zero-order valence-electron chi connectivity index (χ0n) is 16.3. The number of Topliss-reactive ketones (excluding diaryl/α,β-unsaturated/α-hetero) is 1. The van der Waals surface area contributed by atoms with Crippen LogP contribution in [0.3, 0.4) is 0 Å². The van der Waals surface area contributed by atoms with E-state index >= 15 is 0 Å². The Morgan fingerprint density at radius 2 is 1.90 bits per heavy atom. The predicted octanol–water partition coefficient (Wildman–Crippen LogP) is 5.59. The minimum absolute atomic E-state index is 0.0137. The van der Waals surface area contributed by atoms with Crippen LogP contribution in [0.5, 0.6) is 0 Å². The van der Waals surface area contributed by atoms with Gasteiger partial charge in [0, 0.05) is 29.1 Å². The Labute approximate surface area is 183 Å². The van der Waals surface area contributed by atoms with Gasteiger partial charge in [0.25, 0.3) is 11.8 Å². The molecule has 152 valence electrons. The minimum Gasteiger partial charge on any atom is -0.314 e. The van der Waals surface area contributed by atoms with Gasteiger partial charge in [0.2, 0.25) is 0 Å². The number of hydrogen-bond donors (Lipinski definition) is 1. The smallest absolute Gasteiger partial charge is 0.268 e. The van der Waals surface area contributed by atoms with Gasteiger partial charge >= 0.3 is 0 Å². The lowest BCUT2D eigenvalue weighted by Gasteiger charge is -2.22. The second kappa shape index (κ2) is 8.42. The van der Waals surface area contributed by atoms with Crippen molar-refractivity contribution in [2.75, 3.05) is 16.8 Å². The number of aryl methyl sites for hydroxylation is 1. The monoisotopic (exact) mass is 438 g/mol. The molecule has 1 N–H and O–H groups in total. The summed E-state index contributed by atoms with van der Waals surface area (Å²) in [5.74, 6) is -0.427. The molecule has 0 aliphatic carbocycles. The Morgan fingerprint density at radius 3 is 2.70 bits per heavy atom. The summed E-state index contributed by atoms with van der Waals surface area (Å²) in [6.07, 6.45) is 0.957. The van der Waals surface area contributed by atoms with Gasteiger partial charge in [-0.2, -0.15) is 0 Å². The summed E-state index contributed by atoms with van der Waals surface area (Å²) in [6, 6.07) is 15.8. The van der Waals surface area contributed by atoms with Crippen molar-refractivity contribution in [3.63, 3.8) is 0 Å². The lowest BCUT2D eigenvalue weighted by molar-refractivity contribution is 0.0975. The summed E-state index contributed by atoms with van der Waals surface area (Å²) in [7, 11) is 0. The third kappa shape index (κ3) is 4.01. The maximum atomic E-state index is 13.2. The topological polar surface area (TPSA) is 66.5 Å². The van der Waals surface area contributed by atoms with Crippen molar-refractivity contribution < 1.29 is 14.4 Å². The number of ketones is 1. The lowest BCUT2D eigenvalue weighted by atomic mass is 10.1. The van der Waals surface area contributed by atoms with E-state index in [1.807, 2.05) is 25.1 Å². The van der Waals surface area contributed by atoms with E-state index in [9.17, 15) is 14.4 Å². The van der Waals surface area contributed by atoms with Gasteiger partial charge in [-0.1, -0.05) is 29.8 Å². The Morgan fingerprint density at radius 1 is 1.10 bits per heavy atom. The van der Waals surface area contributed by atoms with Crippen molar-refractivity contribution in [3.8, 4) is 0 Å². The number of rotatable bonds is 3. The van der Waals surface area contributed by atoms with Crippen molar-refractivity contribution in [1.82, 2.24) is 0 Å². The minimum atomic E-state index is -0.214. The average molecular weight is 439 g/mol. The molecule has 0 unspecified atom stereocenters. The number of thiophene rings is 1. The standard InChI is InChI=1S/C23H19ClN2O3S/c1-14-5-2-3-6-16(14)22(28)25-21-11-10-20(30-21)23(29)26-12-4-7-19(27)17-13-15(24)8-9-18(17)26/h2-3,5-6,8-11,13H,4,7,12H2,1H3,(H,25,28). The van der Waals surface area contributed by atoms with Crippen molar-refractivity contribution in [3.05, 3.63) is 81.2 Å². The summed E-state index contributed by atoms with van der Waals surface area (Å²) < 4.78 is 0. The van der Waals surface area contributed by atoms with Gasteiger partial charge in [-0.15, -0.1) is 11.3 Å². The Bertz CT molecular complexity index is 1150. The van der Waals surface area contributed by atoms with Gasteiger partial charge in [0.15, 0.2) is 5.78 Å². The van der Waals surface area contributed by atoms with E-state index in [-0.39, 0.29) is 17.6 Å². The number of anilines is 2. The Kier molecular flexibility index (Phi) is 5.70. The molecule has 1 aliphatic heterocycles. The fraction of sp³-hybridized carbons (Fsp3) is 0.174. The van der Waals surface area contributed by atoms with Crippen molar-refractivity contribution >= 4 is 51.2 Å². The zero-order valence-corrected chi connectivity index (χ0v) is 17.8. The molecule has 0 saturated heterocycles. The molecule has 2 heterocycles. The molecule has 0 fully saturated rings. The number of nitrogens with zero attached hydrogens (tertiary/aromatic N) is 1. The van der Waals surface area contributed by atoms with Gasteiger partial charge in [-0.3, -0.25) is 14.4 Å². The van der Waals surface area contributed by atoms with Crippen LogP contribution in [0.25, 0.3) is 0 Å². The normalized spacial score (nSPS) is 13.5. The number of amides is 2. The SMILES string of the molecule is Cc1ccccc1C(=O)Nc1ccc(C(=O)N2CCCC(=O)c3cc(Cl)ccc32)s1. The van der Waals surface area contributed by atoms with E-state index in [0.717, 1.165) is 5.56 Å². The van der Waals surface area contributed by atoms with Gasteiger partial charge in [0.05, 0.1) is 15.6 Å². The van der Waals surface area contributed by atoms with E-state index in [0.29, 0.717) is 51.1 Å². The highest BCUT2D eigenvalue weighted by Gasteiger charge is 2.27. The average Bonchev–Trinajstić information content (AvgIpc) is 3.13. The fourth-order valence-corrected chi connectivity index (χ4v) is 4.51. The summed E-state index contributed by atoms with van der Waals surface area (Å²) in [6.45, 7) is 2.32. The zero-order chi connectivity index (χ0) is 21.3. The number of hydrogen-bond acceptors (Lipinski definition) is 4. The lowest BCUT2D eigenvalue weighted by Crippen LogP contribution is -2.31. The molecule has 30 heavy (non-hydrogen) atoms. The molecular formula is C23H19ClN2O3S. The van der Waals surface area contributed by atoms with Crippen LogP contribution in [0.1, 0.15) is 48.8 Å². The fourth-order valence-electron chi connectivity index (χ4n) is 3.49. The van der Waals surface area contributed by atoms with E-state index in [4.69, 9.17) is 11.6 Å². The van der Waals surface area contributed by atoms with Crippen LogP contribution in [0, 0.1) is 6.92 Å². The predicted molar refractivity (Wildman–Crippen MR) is 120 cm³/mol. The van der Waals surface area contributed by atoms with Crippen LogP contribution in [0.2, 0.25) is 5.02 Å². The molecular weight excluding hydrogens is 420 g/mol. The molecule has 0 atom stereocenters. The number of carbonyl (C=O) groups excluding carboxylic acids is 3. The van der Waals surface area contributed by atoms with Crippen LogP contribution in [-0.4, -0.2) is 24.1 Å². The molecule has 7 heteroatoms.